The van der Waals surface area contributed by atoms with Crippen LogP contribution in [0, 0.1) is 5.92 Å². The Balaban J connectivity index is 2.01. The van der Waals surface area contributed by atoms with Crippen molar-refractivity contribution in [3.05, 3.63) is 12.4 Å². The van der Waals surface area contributed by atoms with Crippen LogP contribution in [0.5, 0.6) is 5.88 Å². The van der Waals surface area contributed by atoms with Crippen molar-refractivity contribution in [3.63, 3.8) is 0 Å². The summed E-state index contributed by atoms with van der Waals surface area (Å²) in [4.78, 5) is 11.0. The predicted molar refractivity (Wildman–Crippen MR) is 85.9 cm³/mol. The molecule has 1 saturated heterocycles. The predicted octanol–water partition coefficient (Wildman–Crippen LogP) is 2.48. The lowest BCUT2D eigenvalue weighted by Gasteiger charge is -2.37. The van der Waals surface area contributed by atoms with E-state index in [-0.39, 0.29) is 0 Å². The molecular weight excluding hydrogens is 264 g/mol. The molecule has 5 heteroatoms. The van der Waals surface area contributed by atoms with E-state index in [9.17, 15) is 0 Å². The molecule has 0 spiro atoms. The van der Waals surface area contributed by atoms with E-state index in [1.165, 1.54) is 19.3 Å². The Kier molecular flexibility index (Phi) is 6.23. The van der Waals surface area contributed by atoms with Gasteiger partial charge in [-0.1, -0.05) is 13.8 Å². The van der Waals surface area contributed by atoms with E-state index in [1.54, 1.807) is 6.33 Å². The summed E-state index contributed by atoms with van der Waals surface area (Å²) in [5, 5.41) is 3.58. The average molecular weight is 292 g/mol. The molecule has 21 heavy (non-hydrogen) atoms. The van der Waals surface area contributed by atoms with Crippen LogP contribution in [0.4, 0.5) is 5.82 Å². The number of hydrogen-bond donors (Lipinski definition) is 1. The molecule has 1 fully saturated rings. The topological polar surface area (TPSA) is 50.3 Å². The first kappa shape index (κ1) is 16.0. The van der Waals surface area contributed by atoms with Crippen LogP contribution >= 0.6 is 0 Å². The number of nitrogens with one attached hydrogen (secondary N) is 1. The zero-order valence-electron chi connectivity index (χ0n) is 13.5. The van der Waals surface area contributed by atoms with Gasteiger partial charge in [0.05, 0.1) is 6.61 Å². The molecule has 1 aliphatic rings. The van der Waals surface area contributed by atoms with E-state index in [0.717, 1.165) is 25.5 Å². The summed E-state index contributed by atoms with van der Waals surface area (Å²) in [5.41, 5.74) is 0. The first-order valence-electron chi connectivity index (χ1n) is 8.13. The summed E-state index contributed by atoms with van der Waals surface area (Å²) in [5.74, 6) is 2.34. The van der Waals surface area contributed by atoms with E-state index in [0.29, 0.717) is 24.4 Å². The fourth-order valence-corrected chi connectivity index (χ4v) is 2.77. The fourth-order valence-electron chi connectivity index (χ4n) is 2.77. The monoisotopic (exact) mass is 292 g/mol. The van der Waals surface area contributed by atoms with Crippen LogP contribution in [0.25, 0.3) is 0 Å². The molecule has 0 saturated carbocycles. The molecule has 1 N–H and O–H groups in total. The molecule has 0 aromatic carbocycles. The van der Waals surface area contributed by atoms with Crippen LogP contribution in [0.15, 0.2) is 12.4 Å². The second kappa shape index (κ2) is 8.17. The van der Waals surface area contributed by atoms with Crippen LogP contribution in [0.3, 0.4) is 0 Å². The van der Waals surface area contributed by atoms with Crippen LogP contribution < -0.4 is 15.0 Å². The van der Waals surface area contributed by atoms with Gasteiger partial charge in [-0.3, -0.25) is 0 Å². The largest absolute Gasteiger partial charge is 0.478 e. The maximum Gasteiger partial charge on any atom is 0.218 e. The van der Waals surface area contributed by atoms with Crippen molar-refractivity contribution < 1.29 is 4.74 Å². The zero-order chi connectivity index (χ0) is 15.1. The van der Waals surface area contributed by atoms with Gasteiger partial charge in [-0.05, 0) is 38.6 Å². The Morgan fingerprint density at radius 1 is 1.38 bits per heavy atom. The number of piperidine rings is 1. The van der Waals surface area contributed by atoms with Crippen LogP contribution in [0.1, 0.15) is 40.0 Å². The minimum absolute atomic E-state index is 0.516. The number of ether oxygens (including phenoxy) is 1. The van der Waals surface area contributed by atoms with Crippen molar-refractivity contribution in [1.29, 1.82) is 0 Å². The van der Waals surface area contributed by atoms with Gasteiger partial charge in [-0.15, -0.1) is 0 Å². The number of anilines is 1. The highest BCUT2D eigenvalue weighted by Crippen LogP contribution is 2.24. The summed E-state index contributed by atoms with van der Waals surface area (Å²) >= 11 is 0. The molecule has 0 radical (unpaired) electrons. The van der Waals surface area contributed by atoms with Gasteiger partial charge in [0.15, 0.2) is 0 Å². The summed E-state index contributed by atoms with van der Waals surface area (Å²) in [6.45, 7) is 10.2. The Hall–Kier alpha value is -1.36. The lowest BCUT2D eigenvalue weighted by atomic mass is 10.0. The molecule has 0 amide bonds. The van der Waals surface area contributed by atoms with Gasteiger partial charge in [-0.2, -0.15) is 0 Å². The molecule has 0 aliphatic carbocycles. The van der Waals surface area contributed by atoms with Crippen LogP contribution in [-0.4, -0.2) is 42.3 Å². The average Bonchev–Trinajstić information content (AvgIpc) is 2.48. The highest BCUT2D eigenvalue weighted by molar-refractivity contribution is 5.42. The molecule has 5 nitrogen and oxygen atoms in total. The van der Waals surface area contributed by atoms with Gasteiger partial charge in [-0.25, -0.2) is 9.97 Å². The summed E-state index contributed by atoms with van der Waals surface area (Å²) in [6.07, 6.45) is 5.36. The highest BCUT2D eigenvalue weighted by Gasteiger charge is 2.23. The number of hydrogen-bond acceptors (Lipinski definition) is 5. The quantitative estimate of drug-likeness (QED) is 0.836. The van der Waals surface area contributed by atoms with Crippen LogP contribution in [0.2, 0.25) is 0 Å². The molecule has 1 unspecified atom stereocenters. The molecule has 0 bridgehead atoms. The molecule has 1 aliphatic heterocycles. The van der Waals surface area contributed by atoms with Crippen molar-refractivity contribution in [2.24, 2.45) is 5.92 Å². The maximum atomic E-state index is 5.49. The minimum Gasteiger partial charge on any atom is -0.478 e. The third kappa shape index (κ3) is 4.84. The molecule has 1 aromatic rings. The standard InChI is InChI=1S/C16H28N4O/c1-4-21-16-9-15(18-12-19-16)20-8-6-5-7-14(20)11-17-10-13(2)3/h9,12-14,17H,4-8,10-11H2,1-3H3. The number of nitrogens with zero attached hydrogens (tertiary/aromatic N) is 3. The molecule has 2 rings (SSSR count). The van der Waals surface area contributed by atoms with Gasteiger partial charge in [0.2, 0.25) is 5.88 Å². The second-order valence-electron chi connectivity index (χ2n) is 6.04. The molecule has 118 valence electrons. The van der Waals surface area contributed by atoms with E-state index in [2.05, 4.69) is 34.0 Å². The van der Waals surface area contributed by atoms with Gasteiger partial charge >= 0.3 is 0 Å². The Morgan fingerprint density at radius 2 is 2.24 bits per heavy atom. The van der Waals surface area contributed by atoms with Crippen molar-refractivity contribution in [2.45, 2.75) is 46.1 Å². The smallest absolute Gasteiger partial charge is 0.218 e. The van der Waals surface area contributed by atoms with E-state index in [1.807, 2.05) is 13.0 Å². The summed E-state index contributed by atoms with van der Waals surface area (Å²) in [7, 11) is 0. The van der Waals surface area contributed by atoms with Gasteiger partial charge < -0.3 is 15.0 Å². The van der Waals surface area contributed by atoms with E-state index >= 15 is 0 Å². The van der Waals surface area contributed by atoms with Crippen molar-refractivity contribution in [1.82, 2.24) is 15.3 Å². The summed E-state index contributed by atoms with van der Waals surface area (Å²) < 4.78 is 5.49. The molecule has 1 atom stereocenters. The third-order valence-corrected chi connectivity index (χ3v) is 3.77. The van der Waals surface area contributed by atoms with Gasteiger partial charge in [0.1, 0.15) is 12.1 Å². The van der Waals surface area contributed by atoms with E-state index in [4.69, 9.17) is 4.74 Å². The molecular formula is C16H28N4O. The Bertz CT molecular complexity index is 424. The van der Waals surface area contributed by atoms with Crippen molar-refractivity contribution in [2.75, 3.05) is 31.1 Å². The number of rotatable bonds is 7. The van der Waals surface area contributed by atoms with E-state index < -0.39 is 0 Å². The minimum atomic E-state index is 0.516. The summed E-state index contributed by atoms with van der Waals surface area (Å²) in [6, 6.07) is 2.48. The molecule has 2 heterocycles. The Labute approximate surface area is 128 Å². The number of aromatic nitrogens is 2. The van der Waals surface area contributed by atoms with Gasteiger partial charge in [0, 0.05) is 25.2 Å². The maximum absolute atomic E-state index is 5.49. The lowest BCUT2D eigenvalue weighted by Crippen LogP contribution is -2.46. The highest BCUT2D eigenvalue weighted by atomic mass is 16.5. The van der Waals surface area contributed by atoms with Crippen molar-refractivity contribution >= 4 is 5.82 Å². The first-order chi connectivity index (χ1) is 10.2. The normalized spacial score (nSPS) is 19.0. The van der Waals surface area contributed by atoms with Gasteiger partial charge in [0.25, 0.3) is 0 Å². The third-order valence-electron chi connectivity index (χ3n) is 3.77. The molecule has 1 aromatic heterocycles. The Morgan fingerprint density at radius 3 is 3.00 bits per heavy atom. The first-order valence-corrected chi connectivity index (χ1v) is 8.13. The SMILES string of the molecule is CCOc1cc(N2CCCCC2CNCC(C)C)ncn1. The zero-order valence-corrected chi connectivity index (χ0v) is 13.5. The second-order valence-corrected chi connectivity index (χ2v) is 6.04. The lowest BCUT2D eigenvalue weighted by molar-refractivity contribution is 0.325. The fraction of sp³-hybridized carbons (Fsp3) is 0.750. The van der Waals surface area contributed by atoms with Crippen molar-refractivity contribution in [3.8, 4) is 5.88 Å². The van der Waals surface area contributed by atoms with Crippen LogP contribution in [-0.2, 0) is 0 Å².